The molecular formula is C24H27N3O5S. The molecule has 0 unspecified atom stereocenters. The number of nitrogens with zero attached hydrogens (tertiary/aromatic N) is 3. The largest absolute Gasteiger partial charge is 0.490 e. The Labute approximate surface area is 193 Å². The summed E-state index contributed by atoms with van der Waals surface area (Å²) in [5.74, 6) is 0.159. The van der Waals surface area contributed by atoms with Crippen LogP contribution in [0.2, 0.25) is 0 Å². The van der Waals surface area contributed by atoms with Crippen LogP contribution in [0.4, 0.5) is 16.2 Å². The number of benzene rings is 2. The molecule has 0 aliphatic carbocycles. The van der Waals surface area contributed by atoms with Crippen LogP contribution in [0, 0.1) is 20.8 Å². The minimum Gasteiger partial charge on any atom is -0.490 e. The Morgan fingerprint density at radius 2 is 1.70 bits per heavy atom. The zero-order valence-electron chi connectivity index (χ0n) is 18.9. The predicted molar refractivity (Wildman–Crippen MR) is 126 cm³/mol. The van der Waals surface area contributed by atoms with E-state index in [9.17, 15) is 18.0 Å². The Kier molecular flexibility index (Phi) is 5.12. The monoisotopic (exact) mass is 469 g/mol. The zero-order chi connectivity index (χ0) is 23.5. The highest BCUT2D eigenvalue weighted by Crippen LogP contribution is 2.37. The van der Waals surface area contributed by atoms with Crippen LogP contribution in [0.15, 0.2) is 36.4 Å². The van der Waals surface area contributed by atoms with Gasteiger partial charge in [-0.15, -0.1) is 0 Å². The van der Waals surface area contributed by atoms with Crippen LogP contribution in [0.5, 0.6) is 5.75 Å². The topological polar surface area (TPSA) is 87.2 Å². The zero-order valence-corrected chi connectivity index (χ0v) is 19.8. The smallest absolute Gasteiger partial charge is 0.325 e. The van der Waals surface area contributed by atoms with Crippen molar-refractivity contribution in [1.82, 2.24) is 4.90 Å². The number of carbonyl (C=O) groups excluding carboxylic acids is 2. The van der Waals surface area contributed by atoms with Gasteiger partial charge in [-0.1, -0.05) is 12.1 Å². The maximum absolute atomic E-state index is 13.5. The minimum atomic E-state index is -3.32. The van der Waals surface area contributed by atoms with Gasteiger partial charge in [0, 0.05) is 5.69 Å². The van der Waals surface area contributed by atoms with Gasteiger partial charge in [-0.2, -0.15) is 0 Å². The molecule has 5 rings (SSSR count). The Morgan fingerprint density at radius 3 is 2.42 bits per heavy atom. The molecule has 3 heterocycles. The number of ether oxygens (including phenoxy) is 1. The van der Waals surface area contributed by atoms with Crippen LogP contribution in [0.3, 0.4) is 0 Å². The molecule has 2 fully saturated rings. The van der Waals surface area contributed by atoms with Crippen molar-refractivity contribution >= 4 is 33.2 Å². The van der Waals surface area contributed by atoms with E-state index < -0.39 is 21.9 Å². The summed E-state index contributed by atoms with van der Waals surface area (Å²) in [6.07, 6.45) is 0. The van der Waals surface area contributed by atoms with E-state index in [2.05, 4.69) is 0 Å². The molecule has 0 aromatic heterocycles. The van der Waals surface area contributed by atoms with Gasteiger partial charge in [0.15, 0.2) is 9.84 Å². The first-order chi connectivity index (χ1) is 15.6. The molecule has 3 amide bonds. The van der Waals surface area contributed by atoms with E-state index >= 15 is 0 Å². The number of anilines is 2. The first-order valence-electron chi connectivity index (χ1n) is 11.1. The highest BCUT2D eigenvalue weighted by atomic mass is 32.2. The van der Waals surface area contributed by atoms with Crippen molar-refractivity contribution in [3.05, 3.63) is 53.1 Å². The summed E-state index contributed by atoms with van der Waals surface area (Å²) in [6, 6.07) is 10.1. The number of rotatable bonds is 3. The van der Waals surface area contributed by atoms with Crippen molar-refractivity contribution in [2.24, 2.45) is 0 Å². The quantitative estimate of drug-likeness (QED) is 0.645. The molecule has 8 nitrogen and oxygen atoms in total. The summed E-state index contributed by atoms with van der Waals surface area (Å²) < 4.78 is 30.7. The number of aryl methyl sites for hydroxylation is 3. The summed E-state index contributed by atoms with van der Waals surface area (Å²) >= 11 is 0. The van der Waals surface area contributed by atoms with Crippen molar-refractivity contribution in [2.75, 3.05) is 41.0 Å². The molecule has 0 saturated carbocycles. The average Bonchev–Trinajstić information content (AvgIpc) is 3.16. The van der Waals surface area contributed by atoms with Gasteiger partial charge in [0.1, 0.15) is 18.9 Å². The summed E-state index contributed by atoms with van der Waals surface area (Å²) in [5.41, 5.74) is 4.33. The number of urea groups is 1. The summed E-state index contributed by atoms with van der Waals surface area (Å²) in [4.78, 5) is 31.6. The fourth-order valence-electron chi connectivity index (χ4n) is 5.17. The SMILES string of the molecule is Cc1cc(C)cc(N2C(=O)N(CC(=O)N3CCOc4ccc(C)cc43)[C@H]3CS(=O)(=O)C[C@H]32)c1. The van der Waals surface area contributed by atoms with Crippen LogP contribution in [-0.4, -0.2) is 68.5 Å². The maximum Gasteiger partial charge on any atom is 0.325 e. The first-order valence-corrected chi connectivity index (χ1v) is 12.9. The molecule has 2 atom stereocenters. The van der Waals surface area contributed by atoms with Gasteiger partial charge in [-0.05, 0) is 61.7 Å². The molecule has 3 aliphatic heterocycles. The molecule has 0 bridgehead atoms. The lowest BCUT2D eigenvalue weighted by Gasteiger charge is -2.32. The van der Waals surface area contributed by atoms with E-state index in [1.807, 2.05) is 57.2 Å². The molecular weight excluding hydrogens is 442 g/mol. The van der Waals surface area contributed by atoms with E-state index in [1.165, 1.54) is 4.90 Å². The number of sulfone groups is 1. The van der Waals surface area contributed by atoms with Gasteiger partial charge in [-0.3, -0.25) is 9.69 Å². The first kappa shape index (κ1) is 21.8. The number of hydrogen-bond donors (Lipinski definition) is 0. The fraction of sp³-hybridized carbons (Fsp3) is 0.417. The number of amides is 3. The van der Waals surface area contributed by atoms with Gasteiger partial charge in [0.25, 0.3) is 0 Å². The normalized spacial score (nSPS) is 23.4. The number of hydrogen-bond acceptors (Lipinski definition) is 5. The molecule has 0 spiro atoms. The van der Waals surface area contributed by atoms with Crippen LogP contribution >= 0.6 is 0 Å². The molecule has 33 heavy (non-hydrogen) atoms. The van der Waals surface area contributed by atoms with Gasteiger partial charge >= 0.3 is 6.03 Å². The lowest BCUT2D eigenvalue weighted by molar-refractivity contribution is -0.119. The van der Waals surface area contributed by atoms with E-state index in [0.717, 1.165) is 16.7 Å². The summed E-state index contributed by atoms with van der Waals surface area (Å²) in [7, 11) is -3.32. The van der Waals surface area contributed by atoms with Gasteiger partial charge in [0.2, 0.25) is 5.91 Å². The molecule has 0 N–H and O–H groups in total. The molecule has 2 aromatic rings. The van der Waals surface area contributed by atoms with Gasteiger partial charge in [-0.25, -0.2) is 13.2 Å². The third-order valence-corrected chi connectivity index (χ3v) is 8.25. The summed E-state index contributed by atoms with van der Waals surface area (Å²) in [5, 5.41) is 0. The van der Waals surface area contributed by atoms with Crippen molar-refractivity contribution in [3.63, 3.8) is 0 Å². The lowest BCUT2D eigenvalue weighted by Crippen LogP contribution is -2.48. The van der Waals surface area contributed by atoms with Crippen molar-refractivity contribution in [1.29, 1.82) is 0 Å². The standard InChI is InChI=1S/C24H27N3O5S/c1-15-4-5-22-19(11-15)25(6-7-32-22)23(28)12-26-20-13-33(30,31)14-21(20)27(24(26)29)18-9-16(2)8-17(3)10-18/h4-5,8-11,20-21H,6-7,12-14H2,1-3H3/t20-,21+/m0/s1. The predicted octanol–water partition coefficient (Wildman–Crippen LogP) is 2.45. The second-order valence-corrected chi connectivity index (χ2v) is 11.4. The Balaban J connectivity index is 1.47. The maximum atomic E-state index is 13.5. The summed E-state index contributed by atoms with van der Waals surface area (Å²) in [6.45, 7) is 6.40. The van der Waals surface area contributed by atoms with Crippen LogP contribution in [0.1, 0.15) is 16.7 Å². The number of fused-ring (bicyclic) bond motifs is 2. The third kappa shape index (κ3) is 3.84. The van der Waals surface area contributed by atoms with E-state index in [0.29, 0.717) is 30.3 Å². The highest BCUT2D eigenvalue weighted by Gasteiger charge is 2.54. The second-order valence-electron chi connectivity index (χ2n) is 9.20. The molecule has 174 valence electrons. The lowest BCUT2D eigenvalue weighted by atomic mass is 10.1. The van der Waals surface area contributed by atoms with Crippen molar-refractivity contribution < 1.29 is 22.7 Å². The van der Waals surface area contributed by atoms with E-state index in [4.69, 9.17) is 4.74 Å². The van der Waals surface area contributed by atoms with Crippen LogP contribution in [0.25, 0.3) is 0 Å². The molecule has 3 aliphatic rings. The minimum absolute atomic E-state index is 0.0966. The second kappa shape index (κ2) is 7.76. The van der Waals surface area contributed by atoms with Crippen LogP contribution in [-0.2, 0) is 14.6 Å². The molecule has 0 radical (unpaired) electrons. The van der Waals surface area contributed by atoms with Crippen LogP contribution < -0.4 is 14.5 Å². The van der Waals surface area contributed by atoms with Crippen molar-refractivity contribution in [2.45, 2.75) is 32.9 Å². The van der Waals surface area contributed by atoms with Gasteiger partial charge in [0.05, 0.1) is 35.8 Å². The Hall–Kier alpha value is -3.07. The Morgan fingerprint density at radius 1 is 1.00 bits per heavy atom. The van der Waals surface area contributed by atoms with E-state index in [1.54, 1.807) is 9.80 Å². The van der Waals surface area contributed by atoms with Gasteiger partial charge < -0.3 is 14.5 Å². The molecule has 2 saturated heterocycles. The van der Waals surface area contributed by atoms with Crippen molar-refractivity contribution in [3.8, 4) is 5.75 Å². The highest BCUT2D eigenvalue weighted by molar-refractivity contribution is 7.91. The fourth-order valence-corrected chi connectivity index (χ4v) is 7.12. The third-order valence-electron chi connectivity index (χ3n) is 6.55. The molecule has 9 heteroatoms. The average molecular weight is 470 g/mol. The molecule has 2 aromatic carbocycles. The van der Waals surface area contributed by atoms with E-state index in [-0.39, 0.29) is 30.0 Å². The Bertz CT molecular complexity index is 1240. The number of carbonyl (C=O) groups is 2.